The van der Waals surface area contributed by atoms with E-state index in [9.17, 15) is 9.59 Å². The molecule has 1 aromatic rings. The number of nitrogens with one attached hydrogen (secondary N) is 2. The van der Waals surface area contributed by atoms with Crippen molar-refractivity contribution >= 4 is 29.3 Å². The van der Waals surface area contributed by atoms with Gasteiger partial charge >= 0.3 is 0 Å². The Morgan fingerprint density at radius 2 is 2.43 bits per heavy atom. The maximum Gasteiger partial charge on any atom is 0.254 e. The first-order valence-corrected chi connectivity index (χ1v) is 7.70. The highest BCUT2D eigenvalue weighted by molar-refractivity contribution is 7.99. The number of hydrogen-bond acceptors (Lipinski definition) is 6. The molecular formula is C13H18N4O3S. The number of anilines is 1. The van der Waals surface area contributed by atoms with Gasteiger partial charge in [-0.2, -0.15) is 11.8 Å². The molecule has 1 atom stereocenters. The highest BCUT2D eigenvalue weighted by Gasteiger charge is 2.18. The van der Waals surface area contributed by atoms with Crippen LogP contribution < -0.4 is 21.1 Å². The normalized spacial score (nSPS) is 18.0. The first-order chi connectivity index (χ1) is 10.1. The van der Waals surface area contributed by atoms with Gasteiger partial charge in [-0.3, -0.25) is 9.59 Å². The van der Waals surface area contributed by atoms with E-state index in [0.29, 0.717) is 12.1 Å². The molecule has 1 aliphatic heterocycles. The van der Waals surface area contributed by atoms with Crippen LogP contribution >= 0.6 is 11.8 Å². The number of primary amides is 1. The van der Waals surface area contributed by atoms with Crippen molar-refractivity contribution in [3.05, 3.63) is 17.8 Å². The summed E-state index contributed by atoms with van der Waals surface area (Å²) in [5, 5.41) is 6.01. The molecule has 4 N–H and O–H groups in total. The fraction of sp³-hybridized carbons (Fsp3) is 0.462. The number of amides is 2. The Morgan fingerprint density at radius 1 is 1.62 bits per heavy atom. The molecule has 1 aliphatic rings. The number of thioether (sulfide) groups is 1. The minimum atomic E-state index is -0.652. The molecule has 8 heteroatoms. The second-order valence-corrected chi connectivity index (χ2v) is 5.77. The molecule has 21 heavy (non-hydrogen) atoms. The van der Waals surface area contributed by atoms with E-state index >= 15 is 0 Å². The van der Waals surface area contributed by atoms with Crippen molar-refractivity contribution in [2.24, 2.45) is 5.73 Å². The summed E-state index contributed by atoms with van der Waals surface area (Å²) in [6.45, 7) is 0.915. The minimum Gasteiger partial charge on any atom is -0.480 e. The van der Waals surface area contributed by atoms with Crippen LogP contribution in [-0.4, -0.2) is 48.0 Å². The van der Waals surface area contributed by atoms with Crippen molar-refractivity contribution in [1.82, 2.24) is 10.3 Å². The van der Waals surface area contributed by atoms with Crippen LogP contribution in [0.5, 0.6) is 5.88 Å². The summed E-state index contributed by atoms with van der Waals surface area (Å²) in [7, 11) is 1.40. The largest absolute Gasteiger partial charge is 0.480 e. The van der Waals surface area contributed by atoms with Crippen molar-refractivity contribution in [2.75, 3.05) is 30.5 Å². The van der Waals surface area contributed by atoms with Gasteiger partial charge in [-0.15, -0.1) is 0 Å². The molecule has 1 saturated heterocycles. The Labute approximate surface area is 127 Å². The number of pyridine rings is 1. The number of methoxy groups -OCH3 is 1. The van der Waals surface area contributed by atoms with Gasteiger partial charge in [0.2, 0.25) is 11.8 Å². The second kappa shape index (κ2) is 7.28. The number of carbonyl (C=O) groups excluding carboxylic acids is 2. The van der Waals surface area contributed by atoms with Gasteiger partial charge in [0.1, 0.15) is 5.56 Å². The molecule has 1 fully saturated rings. The van der Waals surface area contributed by atoms with Gasteiger partial charge in [-0.25, -0.2) is 4.98 Å². The van der Waals surface area contributed by atoms with Gasteiger partial charge in [0.15, 0.2) is 0 Å². The minimum absolute atomic E-state index is 0.127. The van der Waals surface area contributed by atoms with E-state index in [2.05, 4.69) is 15.6 Å². The molecule has 7 nitrogen and oxygen atoms in total. The zero-order valence-electron chi connectivity index (χ0n) is 11.7. The number of ether oxygens (including phenoxy) is 1. The van der Waals surface area contributed by atoms with Crippen LogP contribution in [0.25, 0.3) is 0 Å². The Kier molecular flexibility index (Phi) is 5.40. The maximum absolute atomic E-state index is 12.0. The van der Waals surface area contributed by atoms with E-state index < -0.39 is 5.91 Å². The quantitative estimate of drug-likeness (QED) is 0.718. The van der Waals surface area contributed by atoms with Crippen LogP contribution in [0.3, 0.4) is 0 Å². The van der Waals surface area contributed by atoms with Crippen molar-refractivity contribution < 1.29 is 14.3 Å². The lowest BCUT2D eigenvalue weighted by Gasteiger charge is -2.22. The SMILES string of the molecule is COc1ncc(NC(=O)CC2CSCCN2)cc1C(N)=O. The summed E-state index contributed by atoms with van der Waals surface area (Å²) in [4.78, 5) is 27.3. The van der Waals surface area contributed by atoms with Gasteiger partial charge in [-0.1, -0.05) is 0 Å². The van der Waals surface area contributed by atoms with Crippen LogP contribution in [0.4, 0.5) is 5.69 Å². The van der Waals surface area contributed by atoms with Gasteiger partial charge in [0, 0.05) is 30.5 Å². The predicted octanol–water partition coefficient (Wildman–Crippen LogP) is 0.223. The Balaban J connectivity index is 2.00. The van der Waals surface area contributed by atoms with Crippen molar-refractivity contribution in [3.63, 3.8) is 0 Å². The summed E-state index contributed by atoms with van der Waals surface area (Å²) in [5.41, 5.74) is 5.82. The molecule has 0 aliphatic carbocycles. The highest BCUT2D eigenvalue weighted by atomic mass is 32.2. The number of rotatable bonds is 5. The van der Waals surface area contributed by atoms with E-state index in [1.807, 2.05) is 11.8 Å². The summed E-state index contributed by atoms with van der Waals surface area (Å²) < 4.78 is 4.95. The van der Waals surface area contributed by atoms with E-state index in [4.69, 9.17) is 10.5 Å². The Bertz CT molecular complexity index is 532. The molecule has 2 amide bonds. The van der Waals surface area contributed by atoms with Crippen molar-refractivity contribution in [1.29, 1.82) is 0 Å². The molecule has 0 aromatic carbocycles. The van der Waals surface area contributed by atoms with E-state index in [0.717, 1.165) is 18.1 Å². The van der Waals surface area contributed by atoms with Gasteiger partial charge in [0.05, 0.1) is 19.0 Å². The first-order valence-electron chi connectivity index (χ1n) is 6.55. The van der Waals surface area contributed by atoms with Crippen LogP contribution in [0, 0.1) is 0 Å². The molecular weight excluding hydrogens is 292 g/mol. The Hall–Kier alpha value is -1.80. The summed E-state index contributed by atoms with van der Waals surface area (Å²) in [5.74, 6) is 1.35. The molecule has 1 aromatic heterocycles. The predicted molar refractivity (Wildman–Crippen MR) is 81.7 cm³/mol. The standard InChI is InChI=1S/C13H18N4O3S/c1-20-13-10(12(14)19)4-8(6-16-13)17-11(18)5-9-7-21-3-2-15-9/h4,6,9,15H,2-3,5,7H2,1H3,(H2,14,19)(H,17,18). The molecule has 2 rings (SSSR count). The fourth-order valence-corrected chi connectivity index (χ4v) is 3.00. The van der Waals surface area contributed by atoms with E-state index in [1.165, 1.54) is 19.4 Å². The van der Waals surface area contributed by atoms with Crippen LogP contribution in [0.1, 0.15) is 16.8 Å². The maximum atomic E-state index is 12.0. The smallest absolute Gasteiger partial charge is 0.254 e. The van der Waals surface area contributed by atoms with Gasteiger partial charge in [-0.05, 0) is 6.07 Å². The third-order valence-electron chi connectivity index (χ3n) is 3.02. The highest BCUT2D eigenvalue weighted by Crippen LogP contribution is 2.19. The monoisotopic (exact) mass is 310 g/mol. The molecule has 114 valence electrons. The molecule has 0 radical (unpaired) electrons. The molecule has 0 saturated carbocycles. The van der Waals surface area contributed by atoms with Crippen LogP contribution in [0.2, 0.25) is 0 Å². The van der Waals surface area contributed by atoms with E-state index in [1.54, 1.807) is 0 Å². The number of aromatic nitrogens is 1. The number of carbonyl (C=O) groups is 2. The van der Waals surface area contributed by atoms with Gasteiger partial charge in [0.25, 0.3) is 5.91 Å². The average Bonchev–Trinajstić information content (AvgIpc) is 2.48. The van der Waals surface area contributed by atoms with Crippen LogP contribution in [0.15, 0.2) is 12.3 Å². The zero-order valence-corrected chi connectivity index (χ0v) is 12.5. The van der Waals surface area contributed by atoms with Crippen molar-refractivity contribution in [2.45, 2.75) is 12.5 Å². The number of nitrogens with two attached hydrogens (primary N) is 1. The van der Waals surface area contributed by atoms with Crippen molar-refractivity contribution in [3.8, 4) is 5.88 Å². The first kappa shape index (κ1) is 15.6. The molecule has 0 spiro atoms. The lowest BCUT2D eigenvalue weighted by molar-refractivity contribution is -0.116. The second-order valence-electron chi connectivity index (χ2n) is 4.62. The summed E-state index contributed by atoms with van der Waals surface area (Å²) in [6, 6.07) is 1.64. The molecule has 1 unspecified atom stereocenters. The lowest BCUT2D eigenvalue weighted by Crippen LogP contribution is -2.39. The number of hydrogen-bond donors (Lipinski definition) is 3. The third kappa shape index (κ3) is 4.33. The summed E-state index contributed by atoms with van der Waals surface area (Å²) in [6.07, 6.45) is 1.82. The lowest BCUT2D eigenvalue weighted by atomic mass is 10.2. The number of nitrogens with zero attached hydrogens (tertiary/aromatic N) is 1. The topological polar surface area (TPSA) is 106 Å². The zero-order chi connectivity index (χ0) is 15.2. The molecule has 0 bridgehead atoms. The fourth-order valence-electron chi connectivity index (χ4n) is 2.05. The third-order valence-corrected chi connectivity index (χ3v) is 4.15. The van der Waals surface area contributed by atoms with E-state index in [-0.39, 0.29) is 23.4 Å². The summed E-state index contributed by atoms with van der Waals surface area (Å²) >= 11 is 1.83. The Morgan fingerprint density at radius 3 is 3.05 bits per heavy atom. The van der Waals surface area contributed by atoms with Gasteiger partial charge < -0.3 is 21.1 Å². The molecule has 2 heterocycles. The average molecular weight is 310 g/mol. The van der Waals surface area contributed by atoms with Crippen LogP contribution in [-0.2, 0) is 4.79 Å².